The Labute approximate surface area is 110 Å². The van der Waals surface area contributed by atoms with Gasteiger partial charge in [0.25, 0.3) is 0 Å². The fourth-order valence-electron chi connectivity index (χ4n) is 2.14. The fourth-order valence-corrected chi connectivity index (χ4v) is 2.49. The normalized spacial score (nSPS) is 15.1. The van der Waals surface area contributed by atoms with Crippen molar-refractivity contribution in [2.24, 2.45) is 0 Å². The van der Waals surface area contributed by atoms with Crippen LogP contribution in [-0.2, 0) is 0 Å². The number of aliphatic hydroxyl groups excluding tert-OH is 1. The molecular weight excluding hydrogens is 280 g/mol. The third-order valence-electron chi connectivity index (χ3n) is 3.25. The number of rotatable bonds is 4. The summed E-state index contributed by atoms with van der Waals surface area (Å²) in [5.74, 6) is 0. The number of anilines is 1. The van der Waals surface area contributed by atoms with E-state index in [9.17, 15) is 0 Å². The van der Waals surface area contributed by atoms with Crippen LogP contribution in [-0.4, -0.2) is 24.3 Å². The van der Waals surface area contributed by atoms with E-state index in [2.05, 4.69) is 26.9 Å². The van der Waals surface area contributed by atoms with E-state index in [0.29, 0.717) is 18.2 Å². The van der Waals surface area contributed by atoms with Crippen molar-refractivity contribution in [2.45, 2.75) is 25.3 Å². The molecule has 2 rings (SSSR count). The molecule has 1 aliphatic carbocycles. The lowest BCUT2D eigenvalue weighted by atomic mass is 9.90. The highest BCUT2D eigenvalue weighted by Crippen LogP contribution is 2.32. The molecule has 1 N–H and O–H groups in total. The van der Waals surface area contributed by atoms with Gasteiger partial charge in [-0.3, -0.25) is 0 Å². The van der Waals surface area contributed by atoms with Crippen LogP contribution in [0, 0.1) is 11.3 Å². The standard InChI is InChI=1S/C13H15BrN2O/c14-11-5-4-10(9-15)13(8-11)16(6-7-17)12-2-1-3-12/h4-5,8,12,17H,1-3,6-7H2. The number of halogens is 1. The second-order valence-corrected chi connectivity index (χ2v) is 5.19. The van der Waals surface area contributed by atoms with E-state index in [-0.39, 0.29) is 6.61 Å². The molecule has 0 heterocycles. The summed E-state index contributed by atoms with van der Waals surface area (Å²) in [4.78, 5) is 2.16. The Morgan fingerprint density at radius 2 is 2.24 bits per heavy atom. The summed E-state index contributed by atoms with van der Waals surface area (Å²) in [5, 5.41) is 18.3. The van der Waals surface area contributed by atoms with E-state index in [4.69, 9.17) is 10.4 Å². The van der Waals surface area contributed by atoms with Crippen LogP contribution in [0.1, 0.15) is 24.8 Å². The van der Waals surface area contributed by atoms with Gasteiger partial charge in [0.05, 0.1) is 17.9 Å². The van der Waals surface area contributed by atoms with Crippen molar-refractivity contribution in [3.05, 3.63) is 28.2 Å². The summed E-state index contributed by atoms with van der Waals surface area (Å²) in [7, 11) is 0. The topological polar surface area (TPSA) is 47.3 Å². The molecule has 0 bridgehead atoms. The molecule has 4 heteroatoms. The molecule has 1 fully saturated rings. The molecule has 90 valence electrons. The molecule has 1 saturated carbocycles. The van der Waals surface area contributed by atoms with Gasteiger partial charge in [-0.15, -0.1) is 0 Å². The molecule has 1 aromatic rings. The summed E-state index contributed by atoms with van der Waals surface area (Å²) in [6.07, 6.45) is 3.54. The summed E-state index contributed by atoms with van der Waals surface area (Å²) < 4.78 is 0.966. The zero-order valence-electron chi connectivity index (χ0n) is 9.56. The second-order valence-electron chi connectivity index (χ2n) is 4.28. The number of aliphatic hydroxyl groups is 1. The highest BCUT2D eigenvalue weighted by Gasteiger charge is 2.26. The van der Waals surface area contributed by atoms with Gasteiger partial charge in [-0.25, -0.2) is 0 Å². The number of nitrogens with zero attached hydrogens (tertiary/aromatic N) is 2. The zero-order valence-corrected chi connectivity index (χ0v) is 11.2. The minimum Gasteiger partial charge on any atom is -0.395 e. The lowest BCUT2D eigenvalue weighted by Crippen LogP contribution is -2.42. The Kier molecular flexibility index (Phi) is 4.03. The highest BCUT2D eigenvalue weighted by molar-refractivity contribution is 9.10. The predicted molar refractivity (Wildman–Crippen MR) is 70.9 cm³/mol. The summed E-state index contributed by atoms with van der Waals surface area (Å²) in [5.41, 5.74) is 1.61. The molecule has 0 spiro atoms. The molecule has 3 nitrogen and oxygen atoms in total. The monoisotopic (exact) mass is 294 g/mol. The van der Waals surface area contributed by atoms with Crippen LogP contribution in [0.25, 0.3) is 0 Å². The van der Waals surface area contributed by atoms with E-state index in [1.165, 1.54) is 6.42 Å². The van der Waals surface area contributed by atoms with Gasteiger partial charge in [-0.2, -0.15) is 5.26 Å². The Bertz CT molecular complexity index is 438. The molecule has 1 aliphatic rings. The van der Waals surface area contributed by atoms with Crippen molar-refractivity contribution in [3.63, 3.8) is 0 Å². The predicted octanol–water partition coefficient (Wildman–Crippen LogP) is 2.67. The van der Waals surface area contributed by atoms with Crippen LogP contribution >= 0.6 is 15.9 Å². The van der Waals surface area contributed by atoms with E-state index in [0.717, 1.165) is 23.0 Å². The lowest BCUT2D eigenvalue weighted by Gasteiger charge is -2.39. The van der Waals surface area contributed by atoms with Crippen molar-refractivity contribution in [1.82, 2.24) is 0 Å². The van der Waals surface area contributed by atoms with Crippen molar-refractivity contribution in [2.75, 3.05) is 18.1 Å². The van der Waals surface area contributed by atoms with Crippen LogP contribution in [0.5, 0.6) is 0 Å². The van der Waals surface area contributed by atoms with Crippen molar-refractivity contribution in [1.29, 1.82) is 5.26 Å². The first-order valence-corrected chi connectivity index (χ1v) is 6.62. The maximum atomic E-state index is 9.16. The third-order valence-corrected chi connectivity index (χ3v) is 3.74. The van der Waals surface area contributed by atoms with E-state index >= 15 is 0 Å². The third kappa shape index (κ3) is 2.62. The van der Waals surface area contributed by atoms with Crippen LogP contribution in [0.15, 0.2) is 22.7 Å². The molecule has 1 aromatic carbocycles. The largest absolute Gasteiger partial charge is 0.395 e. The molecule has 17 heavy (non-hydrogen) atoms. The Morgan fingerprint density at radius 3 is 2.76 bits per heavy atom. The van der Waals surface area contributed by atoms with E-state index in [1.807, 2.05) is 18.2 Å². The van der Waals surface area contributed by atoms with Crippen LogP contribution in [0.3, 0.4) is 0 Å². The van der Waals surface area contributed by atoms with E-state index in [1.54, 1.807) is 0 Å². The molecule has 0 saturated heterocycles. The van der Waals surface area contributed by atoms with Gasteiger partial charge in [0.1, 0.15) is 6.07 Å². The average Bonchev–Trinajstić information content (AvgIpc) is 2.26. The second kappa shape index (κ2) is 5.52. The fraction of sp³-hybridized carbons (Fsp3) is 0.462. The first-order chi connectivity index (χ1) is 8.26. The minimum absolute atomic E-state index is 0.119. The average molecular weight is 295 g/mol. The van der Waals surface area contributed by atoms with Gasteiger partial charge in [0.15, 0.2) is 0 Å². The van der Waals surface area contributed by atoms with Crippen molar-refractivity contribution < 1.29 is 5.11 Å². The zero-order chi connectivity index (χ0) is 12.3. The SMILES string of the molecule is N#Cc1ccc(Br)cc1N(CCO)C1CCC1. The minimum atomic E-state index is 0.119. The van der Waals surface area contributed by atoms with Crippen molar-refractivity contribution in [3.8, 4) is 6.07 Å². The van der Waals surface area contributed by atoms with Gasteiger partial charge >= 0.3 is 0 Å². The molecule has 0 aromatic heterocycles. The molecular formula is C13H15BrN2O. The first-order valence-electron chi connectivity index (χ1n) is 5.83. The van der Waals surface area contributed by atoms with Crippen LogP contribution < -0.4 is 4.90 Å². The number of benzene rings is 1. The Morgan fingerprint density at radius 1 is 1.47 bits per heavy atom. The van der Waals surface area contributed by atoms with Crippen LogP contribution in [0.4, 0.5) is 5.69 Å². The maximum absolute atomic E-state index is 9.16. The van der Waals surface area contributed by atoms with Gasteiger partial charge < -0.3 is 10.0 Å². The summed E-state index contributed by atoms with van der Waals surface area (Å²) >= 11 is 3.44. The van der Waals surface area contributed by atoms with Gasteiger partial charge in [-0.1, -0.05) is 15.9 Å². The molecule has 0 amide bonds. The summed E-state index contributed by atoms with van der Waals surface area (Å²) in [6, 6.07) is 8.36. The van der Waals surface area contributed by atoms with Crippen LogP contribution in [0.2, 0.25) is 0 Å². The van der Waals surface area contributed by atoms with Crippen molar-refractivity contribution >= 4 is 21.6 Å². The molecule has 0 aliphatic heterocycles. The molecule has 0 radical (unpaired) electrons. The Balaban J connectivity index is 2.33. The number of hydrogen-bond donors (Lipinski definition) is 1. The van der Waals surface area contributed by atoms with Gasteiger partial charge in [-0.05, 0) is 37.5 Å². The number of hydrogen-bond acceptors (Lipinski definition) is 3. The number of nitriles is 1. The molecule has 0 unspecified atom stereocenters. The smallest absolute Gasteiger partial charge is 0.101 e. The quantitative estimate of drug-likeness (QED) is 0.929. The van der Waals surface area contributed by atoms with E-state index < -0.39 is 0 Å². The lowest BCUT2D eigenvalue weighted by molar-refractivity contribution is 0.283. The van der Waals surface area contributed by atoms with Gasteiger partial charge in [0, 0.05) is 17.1 Å². The Hall–Kier alpha value is -1.05. The first kappa shape index (κ1) is 12.4. The maximum Gasteiger partial charge on any atom is 0.101 e. The van der Waals surface area contributed by atoms with Gasteiger partial charge in [0.2, 0.25) is 0 Å². The highest BCUT2D eigenvalue weighted by atomic mass is 79.9. The molecule has 0 atom stereocenters. The summed E-state index contributed by atoms with van der Waals surface area (Å²) in [6.45, 7) is 0.712.